The van der Waals surface area contributed by atoms with Crippen LogP contribution in [-0.4, -0.2) is 36.8 Å². The van der Waals surface area contributed by atoms with E-state index < -0.39 is 0 Å². The molecule has 2 heterocycles. The number of nitrogens with one attached hydrogen (secondary N) is 1. The lowest BCUT2D eigenvalue weighted by Crippen LogP contribution is -2.37. The largest absolute Gasteiger partial charge is 0.378 e. The highest BCUT2D eigenvalue weighted by Crippen LogP contribution is 2.24. The third-order valence-corrected chi connectivity index (χ3v) is 4.13. The maximum Gasteiger partial charge on any atom is 0.128 e. The van der Waals surface area contributed by atoms with Gasteiger partial charge >= 0.3 is 0 Å². The van der Waals surface area contributed by atoms with E-state index in [1.165, 1.54) is 0 Å². The van der Waals surface area contributed by atoms with Crippen LogP contribution in [0.2, 0.25) is 5.02 Å². The molecule has 0 atom stereocenters. The molecule has 1 fully saturated rings. The number of piperidine rings is 1. The van der Waals surface area contributed by atoms with Crippen molar-refractivity contribution < 1.29 is 4.74 Å². The molecule has 0 aliphatic carbocycles. The third-order valence-electron chi connectivity index (χ3n) is 3.79. The normalized spacial score (nSPS) is 16.7. The lowest BCUT2D eigenvalue weighted by atomic mass is 10.1. The summed E-state index contributed by atoms with van der Waals surface area (Å²) >= 11 is 6.24. The second kappa shape index (κ2) is 7.97. The van der Waals surface area contributed by atoms with Gasteiger partial charge in [-0.05, 0) is 31.4 Å². The van der Waals surface area contributed by atoms with Crippen molar-refractivity contribution in [2.24, 2.45) is 0 Å². The third kappa shape index (κ3) is 4.83. The predicted molar refractivity (Wildman–Crippen MR) is 88.1 cm³/mol. The van der Waals surface area contributed by atoms with E-state index in [0.29, 0.717) is 12.1 Å². The van der Waals surface area contributed by atoms with Crippen molar-refractivity contribution in [3.05, 3.63) is 22.8 Å². The van der Waals surface area contributed by atoms with E-state index in [9.17, 15) is 0 Å². The fourth-order valence-electron chi connectivity index (χ4n) is 2.58. The zero-order chi connectivity index (χ0) is 15.2. The quantitative estimate of drug-likeness (QED) is 0.875. The Hall–Kier alpha value is -0.840. The maximum absolute atomic E-state index is 6.24. The van der Waals surface area contributed by atoms with Crippen LogP contribution in [0.3, 0.4) is 0 Å². The number of ether oxygens (including phenoxy) is 1. The first-order valence-corrected chi connectivity index (χ1v) is 8.22. The number of hydrogen-bond donors (Lipinski definition) is 1. The highest BCUT2D eigenvalue weighted by molar-refractivity contribution is 6.31. The van der Waals surface area contributed by atoms with E-state index in [1.807, 2.05) is 0 Å². The minimum Gasteiger partial charge on any atom is -0.378 e. The molecular weight excluding hydrogens is 286 g/mol. The van der Waals surface area contributed by atoms with Crippen molar-refractivity contribution in [1.29, 1.82) is 0 Å². The van der Waals surface area contributed by atoms with Crippen LogP contribution in [0.5, 0.6) is 0 Å². The summed E-state index contributed by atoms with van der Waals surface area (Å²) in [6, 6.07) is 2.55. The molecule has 0 unspecified atom stereocenters. The van der Waals surface area contributed by atoms with Crippen LogP contribution in [-0.2, 0) is 11.3 Å². The molecule has 1 aromatic rings. The molecule has 1 aromatic heterocycles. The Balaban J connectivity index is 1.99. The van der Waals surface area contributed by atoms with Crippen molar-refractivity contribution in [3.8, 4) is 0 Å². The topological polar surface area (TPSA) is 37.4 Å². The Kier molecular flexibility index (Phi) is 6.27. The molecule has 0 spiro atoms. The van der Waals surface area contributed by atoms with E-state index in [4.69, 9.17) is 16.3 Å². The molecule has 0 saturated carbocycles. The summed E-state index contributed by atoms with van der Waals surface area (Å²) in [5.41, 5.74) is 1.11. The van der Waals surface area contributed by atoms with Crippen LogP contribution >= 0.6 is 11.6 Å². The Labute approximate surface area is 132 Å². The summed E-state index contributed by atoms with van der Waals surface area (Å²) < 4.78 is 5.70. The fourth-order valence-corrected chi connectivity index (χ4v) is 2.75. The summed E-state index contributed by atoms with van der Waals surface area (Å²) in [6.45, 7) is 9.90. The zero-order valence-electron chi connectivity index (χ0n) is 13.2. The molecule has 0 aromatic carbocycles. The summed E-state index contributed by atoms with van der Waals surface area (Å²) in [5.74, 6) is 1.02. The van der Waals surface area contributed by atoms with Crippen molar-refractivity contribution in [1.82, 2.24) is 10.3 Å². The lowest BCUT2D eigenvalue weighted by molar-refractivity contribution is 0.0458. The van der Waals surface area contributed by atoms with Crippen molar-refractivity contribution in [2.75, 3.05) is 24.6 Å². The highest BCUT2D eigenvalue weighted by Gasteiger charge is 2.20. The second-order valence-electron chi connectivity index (χ2n) is 5.81. The molecule has 1 N–H and O–H groups in total. The fraction of sp³-hybridized carbons (Fsp3) is 0.688. The van der Waals surface area contributed by atoms with Gasteiger partial charge in [-0.15, -0.1) is 0 Å². The Morgan fingerprint density at radius 3 is 2.76 bits per heavy atom. The summed E-state index contributed by atoms with van der Waals surface area (Å²) in [5, 5.41) is 4.14. The van der Waals surface area contributed by atoms with Crippen molar-refractivity contribution in [3.63, 3.8) is 0 Å². The molecule has 0 amide bonds. The molecule has 1 aliphatic rings. The van der Waals surface area contributed by atoms with E-state index in [0.717, 1.165) is 55.5 Å². The molecule has 5 heteroatoms. The highest BCUT2D eigenvalue weighted by atomic mass is 35.5. The summed E-state index contributed by atoms with van der Waals surface area (Å²) in [7, 11) is 0. The molecule has 0 bridgehead atoms. The second-order valence-corrected chi connectivity index (χ2v) is 6.22. The molecule has 118 valence electrons. The number of aromatic nitrogens is 1. The Bertz CT molecular complexity index is 445. The van der Waals surface area contributed by atoms with Crippen LogP contribution in [0.15, 0.2) is 12.3 Å². The Morgan fingerprint density at radius 1 is 1.43 bits per heavy atom. The summed E-state index contributed by atoms with van der Waals surface area (Å²) in [6.07, 6.45) is 4.30. The van der Waals surface area contributed by atoms with Crippen LogP contribution in [0.4, 0.5) is 5.82 Å². The maximum atomic E-state index is 6.24. The smallest absolute Gasteiger partial charge is 0.128 e. The SMILES string of the molecule is CCOC1CCN(c2cc(CNC(C)C)c(Cl)cn2)CC1. The van der Waals surface area contributed by atoms with Crippen molar-refractivity contribution >= 4 is 17.4 Å². The average molecular weight is 312 g/mol. The van der Waals surface area contributed by atoms with Gasteiger partial charge in [0, 0.05) is 38.5 Å². The van der Waals surface area contributed by atoms with Gasteiger partial charge in [-0.3, -0.25) is 0 Å². The number of pyridine rings is 1. The van der Waals surface area contributed by atoms with E-state index in [2.05, 4.69) is 42.0 Å². The number of halogens is 1. The monoisotopic (exact) mass is 311 g/mol. The zero-order valence-corrected chi connectivity index (χ0v) is 14.0. The van der Waals surface area contributed by atoms with Crippen LogP contribution in [0, 0.1) is 0 Å². The van der Waals surface area contributed by atoms with Gasteiger partial charge in [0.15, 0.2) is 0 Å². The molecule has 1 saturated heterocycles. The van der Waals surface area contributed by atoms with Gasteiger partial charge in [0.2, 0.25) is 0 Å². The van der Waals surface area contributed by atoms with Gasteiger partial charge in [-0.1, -0.05) is 25.4 Å². The van der Waals surface area contributed by atoms with Gasteiger partial charge in [-0.2, -0.15) is 0 Å². The van der Waals surface area contributed by atoms with Crippen LogP contribution in [0.1, 0.15) is 39.2 Å². The van der Waals surface area contributed by atoms with Gasteiger partial charge in [0.05, 0.1) is 11.1 Å². The molecule has 2 rings (SSSR count). The number of rotatable bonds is 6. The molecule has 21 heavy (non-hydrogen) atoms. The van der Waals surface area contributed by atoms with Gasteiger partial charge in [0.25, 0.3) is 0 Å². The molecule has 4 nitrogen and oxygen atoms in total. The summed E-state index contributed by atoms with van der Waals surface area (Å²) in [4.78, 5) is 6.81. The Morgan fingerprint density at radius 2 is 2.14 bits per heavy atom. The minimum atomic E-state index is 0.403. The van der Waals surface area contributed by atoms with E-state index >= 15 is 0 Å². The number of hydrogen-bond acceptors (Lipinski definition) is 4. The lowest BCUT2D eigenvalue weighted by Gasteiger charge is -2.32. The van der Waals surface area contributed by atoms with Crippen molar-refractivity contribution in [2.45, 2.75) is 52.3 Å². The molecular formula is C16H26ClN3O. The number of nitrogens with zero attached hydrogens (tertiary/aromatic N) is 2. The molecule has 1 aliphatic heterocycles. The first-order chi connectivity index (χ1) is 10.1. The van der Waals surface area contributed by atoms with E-state index in [-0.39, 0.29) is 0 Å². The number of anilines is 1. The van der Waals surface area contributed by atoms with E-state index in [1.54, 1.807) is 6.20 Å². The van der Waals surface area contributed by atoms with Gasteiger partial charge in [-0.25, -0.2) is 4.98 Å². The standard InChI is InChI=1S/C16H26ClN3O/c1-4-21-14-5-7-20(8-6-14)16-9-13(10-18-12(2)3)15(17)11-19-16/h9,11-12,14,18H,4-8,10H2,1-3H3. The van der Waals surface area contributed by atoms with Crippen LogP contribution < -0.4 is 10.2 Å². The first-order valence-electron chi connectivity index (χ1n) is 7.84. The average Bonchev–Trinajstić information content (AvgIpc) is 2.47. The van der Waals surface area contributed by atoms with Gasteiger partial charge in [0.1, 0.15) is 5.82 Å². The van der Waals surface area contributed by atoms with Crippen LogP contribution in [0.25, 0.3) is 0 Å². The van der Waals surface area contributed by atoms with Gasteiger partial charge < -0.3 is 15.0 Å². The molecule has 0 radical (unpaired) electrons. The predicted octanol–water partition coefficient (Wildman–Crippen LogP) is 3.24. The minimum absolute atomic E-state index is 0.403. The first kappa shape index (κ1) is 16.5.